The van der Waals surface area contributed by atoms with Crippen molar-refractivity contribution in [2.75, 3.05) is 0 Å². The first-order valence-electron chi connectivity index (χ1n) is 12.2. The van der Waals surface area contributed by atoms with Gasteiger partial charge in [-0.05, 0) is 35.7 Å². The van der Waals surface area contributed by atoms with Gasteiger partial charge in [0.2, 0.25) is 0 Å². The van der Waals surface area contributed by atoms with Crippen LogP contribution in [-0.2, 0) is 21.5 Å². The van der Waals surface area contributed by atoms with Gasteiger partial charge in [0, 0.05) is 17.1 Å². The van der Waals surface area contributed by atoms with E-state index in [0.29, 0.717) is 5.69 Å². The molecule has 0 bridgehead atoms. The number of aromatic nitrogens is 3. The summed E-state index contributed by atoms with van der Waals surface area (Å²) in [5.74, 6) is 1.71. The van der Waals surface area contributed by atoms with Gasteiger partial charge >= 0.3 is 0 Å². The first kappa shape index (κ1) is 26.3. The van der Waals surface area contributed by atoms with Crippen LogP contribution in [0.2, 0.25) is 0 Å². The summed E-state index contributed by atoms with van der Waals surface area (Å²) in [5.41, 5.74) is 6.01. The van der Waals surface area contributed by atoms with Crippen molar-refractivity contribution in [3.8, 4) is 11.3 Å². The number of thioether (sulfide) groups is 2. The largest absolute Gasteiger partial charge is 0.284 e. The number of hydrogen-bond donors (Lipinski definition) is 0. The lowest BCUT2D eigenvalue weighted by atomic mass is 10.1. The molecule has 0 N–H and O–H groups in total. The van der Waals surface area contributed by atoms with Crippen LogP contribution in [0.25, 0.3) is 11.3 Å². The first-order chi connectivity index (χ1) is 18.5. The zero-order valence-corrected chi connectivity index (χ0v) is 23.3. The average molecular weight is 558 g/mol. The van der Waals surface area contributed by atoms with Crippen molar-refractivity contribution in [2.24, 2.45) is 0 Å². The topological polar surface area (TPSA) is 64.8 Å². The highest BCUT2D eigenvalue weighted by molar-refractivity contribution is 8.15. The predicted octanol–water partition coefficient (Wildman–Crippen LogP) is 7.36. The van der Waals surface area contributed by atoms with Gasteiger partial charge in [0.15, 0.2) is 0 Å². The molecule has 0 radical (unpaired) electrons. The Bertz CT molecular complexity index is 1540. The van der Waals surface area contributed by atoms with Gasteiger partial charge in [0.05, 0.1) is 15.7 Å². The third kappa shape index (κ3) is 6.20. The smallest absolute Gasteiger partial charge is 0.199 e. The van der Waals surface area contributed by atoms with Crippen LogP contribution in [-0.4, -0.2) is 22.8 Å². The van der Waals surface area contributed by atoms with E-state index in [2.05, 4.69) is 64.9 Å². The summed E-state index contributed by atoms with van der Waals surface area (Å²) >= 11 is 3.71. The number of hydrogen-bond acceptors (Lipinski definition) is 6. The molecule has 0 spiro atoms. The highest BCUT2D eigenvalue weighted by Crippen LogP contribution is 2.45. The normalized spacial score (nSPS) is 11.6. The molecule has 0 aliphatic rings. The van der Waals surface area contributed by atoms with Crippen molar-refractivity contribution in [3.05, 3.63) is 138 Å². The third-order valence-electron chi connectivity index (χ3n) is 6.02. The molecule has 192 valence electrons. The van der Waals surface area contributed by atoms with E-state index in [4.69, 9.17) is 0 Å². The lowest BCUT2D eigenvalue weighted by molar-refractivity contribution is 0.577. The van der Waals surface area contributed by atoms with Gasteiger partial charge in [0.1, 0.15) is 5.69 Å². The Balaban J connectivity index is 1.45. The van der Waals surface area contributed by atoms with Crippen LogP contribution < -0.4 is 0 Å². The SMILES string of the molecule is Cc1ccc(S(=O)(=O)n2cc(-c3ccccc3C(SCc3ccccc3)SCc3ccccc3)nn2)cc1. The summed E-state index contributed by atoms with van der Waals surface area (Å²) in [6, 6.07) is 35.6. The van der Waals surface area contributed by atoms with Crippen molar-refractivity contribution in [1.29, 1.82) is 0 Å². The Labute approximate surface area is 232 Å². The molecule has 1 aromatic heterocycles. The molecule has 8 heteroatoms. The minimum atomic E-state index is -3.84. The predicted molar refractivity (Wildman–Crippen MR) is 157 cm³/mol. The molecule has 0 fully saturated rings. The maximum Gasteiger partial charge on any atom is 0.284 e. The van der Waals surface area contributed by atoms with Gasteiger partial charge in [-0.3, -0.25) is 0 Å². The second kappa shape index (κ2) is 12.0. The molecule has 0 saturated carbocycles. The van der Waals surface area contributed by atoms with Crippen LogP contribution in [0, 0.1) is 6.92 Å². The van der Waals surface area contributed by atoms with E-state index >= 15 is 0 Å². The molecule has 0 aliphatic carbocycles. The van der Waals surface area contributed by atoms with Gasteiger partial charge in [-0.2, -0.15) is 8.42 Å². The lowest BCUT2D eigenvalue weighted by Crippen LogP contribution is -2.13. The molecule has 5 aromatic rings. The van der Waals surface area contributed by atoms with Crippen LogP contribution in [0.15, 0.2) is 120 Å². The van der Waals surface area contributed by atoms with E-state index in [-0.39, 0.29) is 9.48 Å². The minimum Gasteiger partial charge on any atom is -0.199 e. The van der Waals surface area contributed by atoms with Gasteiger partial charge in [-0.1, -0.05) is 108 Å². The van der Waals surface area contributed by atoms with Crippen molar-refractivity contribution in [2.45, 2.75) is 27.9 Å². The van der Waals surface area contributed by atoms with E-state index in [1.54, 1.807) is 24.3 Å². The molecule has 0 saturated heterocycles. The quantitative estimate of drug-likeness (QED) is 0.167. The van der Waals surface area contributed by atoms with Crippen molar-refractivity contribution in [1.82, 2.24) is 14.4 Å². The fraction of sp³-hybridized carbons (Fsp3) is 0.133. The molecule has 0 amide bonds. The Morgan fingerprint density at radius 2 is 1.29 bits per heavy atom. The highest BCUT2D eigenvalue weighted by atomic mass is 32.2. The van der Waals surface area contributed by atoms with Crippen LogP contribution in [0.3, 0.4) is 0 Å². The second-order valence-electron chi connectivity index (χ2n) is 8.81. The van der Waals surface area contributed by atoms with Crippen molar-refractivity contribution < 1.29 is 8.42 Å². The molecule has 0 aliphatic heterocycles. The Kier molecular flexibility index (Phi) is 8.32. The van der Waals surface area contributed by atoms with E-state index in [1.165, 1.54) is 17.3 Å². The molecule has 38 heavy (non-hydrogen) atoms. The Morgan fingerprint density at radius 3 is 1.89 bits per heavy atom. The molecule has 4 aromatic carbocycles. The molecular formula is C30H27N3O2S3. The van der Waals surface area contributed by atoms with E-state index in [9.17, 15) is 8.42 Å². The summed E-state index contributed by atoms with van der Waals surface area (Å²) in [4.78, 5) is 0.183. The van der Waals surface area contributed by atoms with Crippen LogP contribution in [0.4, 0.5) is 0 Å². The van der Waals surface area contributed by atoms with Crippen molar-refractivity contribution >= 4 is 33.5 Å². The molecular weight excluding hydrogens is 531 g/mol. The molecule has 0 unspecified atom stereocenters. The maximum absolute atomic E-state index is 13.2. The third-order valence-corrected chi connectivity index (χ3v) is 10.5. The summed E-state index contributed by atoms with van der Waals surface area (Å²) in [7, 11) is -3.84. The minimum absolute atomic E-state index is 0.102. The monoisotopic (exact) mass is 557 g/mol. The highest BCUT2D eigenvalue weighted by Gasteiger charge is 2.23. The standard InChI is InChI=1S/C30H27N3O2S3/c1-23-16-18-26(19-17-23)38(34,35)33-20-29(31-32-33)27-14-8-9-15-28(27)30(36-21-24-10-4-2-5-11-24)37-22-25-12-6-3-7-13-25/h2-20,30H,21-22H2,1H3. The fourth-order valence-corrected chi connectivity index (χ4v) is 7.67. The number of nitrogens with zero attached hydrogens (tertiary/aromatic N) is 3. The molecule has 1 heterocycles. The van der Waals surface area contributed by atoms with E-state index < -0.39 is 10.0 Å². The number of rotatable bonds is 10. The number of aryl methyl sites for hydroxylation is 1. The summed E-state index contributed by atoms with van der Waals surface area (Å²) in [6.45, 7) is 1.92. The maximum atomic E-state index is 13.2. The summed E-state index contributed by atoms with van der Waals surface area (Å²) in [5, 5.41) is 8.31. The van der Waals surface area contributed by atoms with Gasteiger partial charge in [-0.25, -0.2) is 0 Å². The molecule has 5 rings (SSSR count). The Morgan fingerprint density at radius 1 is 0.737 bits per heavy atom. The first-order valence-corrected chi connectivity index (χ1v) is 15.7. The zero-order chi connectivity index (χ0) is 26.4. The van der Waals surface area contributed by atoms with Gasteiger partial charge in [-0.15, -0.1) is 32.7 Å². The van der Waals surface area contributed by atoms with E-state index in [1.807, 2.05) is 60.8 Å². The van der Waals surface area contributed by atoms with Gasteiger partial charge < -0.3 is 0 Å². The van der Waals surface area contributed by atoms with Crippen LogP contribution in [0.5, 0.6) is 0 Å². The second-order valence-corrected chi connectivity index (χ2v) is 13.1. The van der Waals surface area contributed by atoms with E-state index in [0.717, 1.165) is 32.3 Å². The van der Waals surface area contributed by atoms with Gasteiger partial charge in [0.25, 0.3) is 10.0 Å². The fourth-order valence-electron chi connectivity index (χ4n) is 3.96. The summed E-state index contributed by atoms with van der Waals surface area (Å²) in [6.07, 6.45) is 1.51. The molecule has 5 nitrogen and oxygen atoms in total. The lowest BCUT2D eigenvalue weighted by Gasteiger charge is -2.19. The zero-order valence-electron chi connectivity index (χ0n) is 20.8. The summed E-state index contributed by atoms with van der Waals surface area (Å²) < 4.78 is 27.4. The Hall–Kier alpha value is -3.33. The average Bonchev–Trinajstić information content (AvgIpc) is 3.46. The van der Waals surface area contributed by atoms with Crippen molar-refractivity contribution in [3.63, 3.8) is 0 Å². The van der Waals surface area contributed by atoms with Crippen LogP contribution >= 0.6 is 23.5 Å². The number of benzene rings is 4. The molecule has 0 atom stereocenters. The van der Waals surface area contributed by atoms with Crippen LogP contribution in [0.1, 0.15) is 26.8 Å².